The van der Waals surface area contributed by atoms with E-state index in [1.807, 2.05) is 18.5 Å². The SMILES string of the molecule is CCn1nc(C)c(Br)c1CSc1cc(F)ccc1N. The number of hydrogen-bond acceptors (Lipinski definition) is 3. The summed E-state index contributed by atoms with van der Waals surface area (Å²) in [5.74, 6) is 0.430. The normalized spacial score (nSPS) is 10.9. The molecule has 0 saturated heterocycles. The molecule has 0 aliphatic rings. The lowest BCUT2D eigenvalue weighted by Gasteiger charge is -2.07. The average molecular weight is 344 g/mol. The first-order valence-electron chi connectivity index (χ1n) is 5.92. The molecule has 0 spiro atoms. The summed E-state index contributed by atoms with van der Waals surface area (Å²) in [5.41, 5.74) is 8.50. The molecule has 0 unspecified atom stereocenters. The van der Waals surface area contributed by atoms with E-state index in [1.165, 1.54) is 23.9 Å². The molecule has 0 atom stereocenters. The minimum absolute atomic E-state index is 0.268. The first-order valence-corrected chi connectivity index (χ1v) is 7.70. The van der Waals surface area contributed by atoms with Crippen LogP contribution < -0.4 is 5.73 Å². The Kier molecular flexibility index (Phi) is 4.52. The predicted molar refractivity (Wildman–Crippen MR) is 80.7 cm³/mol. The molecule has 2 N–H and O–H groups in total. The number of rotatable bonds is 4. The van der Waals surface area contributed by atoms with Crippen LogP contribution in [0.4, 0.5) is 10.1 Å². The number of benzene rings is 1. The van der Waals surface area contributed by atoms with Crippen molar-refractivity contribution in [2.75, 3.05) is 5.73 Å². The number of nitrogens with two attached hydrogens (primary N) is 1. The van der Waals surface area contributed by atoms with E-state index in [4.69, 9.17) is 5.73 Å². The highest BCUT2D eigenvalue weighted by molar-refractivity contribution is 9.10. The first kappa shape index (κ1) is 14.4. The van der Waals surface area contributed by atoms with E-state index in [0.29, 0.717) is 11.4 Å². The second-order valence-electron chi connectivity index (χ2n) is 4.13. The Morgan fingerprint density at radius 1 is 1.47 bits per heavy atom. The monoisotopic (exact) mass is 343 g/mol. The zero-order valence-corrected chi connectivity index (χ0v) is 13.2. The number of hydrogen-bond donors (Lipinski definition) is 1. The third-order valence-electron chi connectivity index (χ3n) is 2.79. The lowest BCUT2D eigenvalue weighted by atomic mass is 10.3. The molecular weight excluding hydrogens is 329 g/mol. The molecule has 3 nitrogen and oxygen atoms in total. The second-order valence-corrected chi connectivity index (χ2v) is 5.94. The minimum Gasteiger partial charge on any atom is -0.398 e. The van der Waals surface area contributed by atoms with Crippen LogP contribution in [0.3, 0.4) is 0 Å². The van der Waals surface area contributed by atoms with E-state index in [2.05, 4.69) is 21.0 Å². The van der Waals surface area contributed by atoms with Crippen molar-refractivity contribution in [2.24, 2.45) is 0 Å². The van der Waals surface area contributed by atoms with E-state index >= 15 is 0 Å². The number of halogens is 2. The van der Waals surface area contributed by atoms with Crippen LogP contribution in [0.15, 0.2) is 27.6 Å². The van der Waals surface area contributed by atoms with Gasteiger partial charge in [-0.15, -0.1) is 11.8 Å². The van der Waals surface area contributed by atoms with Crippen molar-refractivity contribution in [3.63, 3.8) is 0 Å². The molecular formula is C13H15BrFN3S. The van der Waals surface area contributed by atoms with Crippen LogP contribution in [0.1, 0.15) is 18.3 Å². The average Bonchev–Trinajstić information content (AvgIpc) is 2.66. The molecule has 0 radical (unpaired) electrons. The van der Waals surface area contributed by atoms with Crippen molar-refractivity contribution in [2.45, 2.75) is 31.0 Å². The molecule has 0 bridgehead atoms. The summed E-state index contributed by atoms with van der Waals surface area (Å²) in [6.07, 6.45) is 0. The van der Waals surface area contributed by atoms with Crippen molar-refractivity contribution < 1.29 is 4.39 Å². The van der Waals surface area contributed by atoms with Gasteiger partial charge in [-0.05, 0) is 48.0 Å². The maximum atomic E-state index is 13.2. The number of nitrogens with zero attached hydrogens (tertiary/aromatic N) is 2. The Morgan fingerprint density at radius 3 is 2.89 bits per heavy atom. The molecule has 2 aromatic rings. The van der Waals surface area contributed by atoms with Gasteiger partial charge < -0.3 is 5.73 Å². The molecule has 0 aliphatic heterocycles. The number of aryl methyl sites for hydroxylation is 2. The summed E-state index contributed by atoms with van der Waals surface area (Å²) < 4.78 is 16.2. The molecule has 1 aromatic heterocycles. The predicted octanol–water partition coefficient (Wildman–Crippen LogP) is 3.99. The zero-order valence-electron chi connectivity index (χ0n) is 10.8. The van der Waals surface area contributed by atoms with Crippen molar-refractivity contribution in [3.05, 3.63) is 39.9 Å². The van der Waals surface area contributed by atoms with Crippen LogP contribution in [0, 0.1) is 12.7 Å². The van der Waals surface area contributed by atoms with Gasteiger partial charge in [0.1, 0.15) is 5.82 Å². The Labute approximate surface area is 124 Å². The quantitative estimate of drug-likeness (QED) is 0.674. The van der Waals surface area contributed by atoms with Crippen LogP contribution in [-0.4, -0.2) is 9.78 Å². The zero-order chi connectivity index (χ0) is 14.0. The maximum Gasteiger partial charge on any atom is 0.124 e. The highest BCUT2D eigenvalue weighted by atomic mass is 79.9. The lowest BCUT2D eigenvalue weighted by Crippen LogP contribution is -2.02. The van der Waals surface area contributed by atoms with Gasteiger partial charge in [0.25, 0.3) is 0 Å². The maximum absolute atomic E-state index is 13.2. The summed E-state index contributed by atoms with van der Waals surface area (Å²) in [5, 5.41) is 4.43. The van der Waals surface area contributed by atoms with E-state index in [-0.39, 0.29) is 5.82 Å². The van der Waals surface area contributed by atoms with E-state index in [0.717, 1.165) is 27.3 Å². The van der Waals surface area contributed by atoms with Crippen LogP contribution in [0.2, 0.25) is 0 Å². The Bertz CT molecular complexity index is 598. The smallest absolute Gasteiger partial charge is 0.124 e. The first-order chi connectivity index (χ1) is 9.02. The van der Waals surface area contributed by atoms with Crippen LogP contribution in [-0.2, 0) is 12.3 Å². The van der Waals surface area contributed by atoms with Crippen LogP contribution in [0.5, 0.6) is 0 Å². The topological polar surface area (TPSA) is 43.8 Å². The van der Waals surface area contributed by atoms with Crippen molar-refractivity contribution in [1.82, 2.24) is 9.78 Å². The number of nitrogen functional groups attached to an aromatic ring is 1. The van der Waals surface area contributed by atoms with E-state index in [9.17, 15) is 4.39 Å². The Hall–Kier alpha value is -1.01. The van der Waals surface area contributed by atoms with Crippen molar-refractivity contribution in [3.8, 4) is 0 Å². The van der Waals surface area contributed by atoms with Gasteiger partial charge >= 0.3 is 0 Å². The van der Waals surface area contributed by atoms with Crippen molar-refractivity contribution >= 4 is 33.4 Å². The summed E-state index contributed by atoms with van der Waals surface area (Å²) in [6, 6.07) is 4.43. The van der Waals surface area contributed by atoms with E-state index in [1.54, 1.807) is 6.07 Å². The van der Waals surface area contributed by atoms with Crippen LogP contribution in [0.25, 0.3) is 0 Å². The van der Waals surface area contributed by atoms with Gasteiger partial charge in [-0.2, -0.15) is 5.10 Å². The fraction of sp³-hybridized carbons (Fsp3) is 0.308. The van der Waals surface area contributed by atoms with E-state index < -0.39 is 0 Å². The highest BCUT2D eigenvalue weighted by Gasteiger charge is 2.13. The molecule has 0 amide bonds. The molecule has 6 heteroatoms. The summed E-state index contributed by atoms with van der Waals surface area (Å²) in [4.78, 5) is 0.758. The molecule has 2 rings (SSSR count). The number of anilines is 1. The molecule has 0 saturated carbocycles. The molecule has 0 aliphatic carbocycles. The van der Waals surface area contributed by atoms with Gasteiger partial charge in [-0.1, -0.05) is 0 Å². The second kappa shape index (κ2) is 5.96. The molecule has 1 aromatic carbocycles. The van der Waals surface area contributed by atoms with Gasteiger partial charge in [0, 0.05) is 22.9 Å². The molecule has 19 heavy (non-hydrogen) atoms. The highest BCUT2D eigenvalue weighted by Crippen LogP contribution is 2.32. The van der Waals surface area contributed by atoms with Gasteiger partial charge in [-0.25, -0.2) is 4.39 Å². The summed E-state index contributed by atoms with van der Waals surface area (Å²) in [6.45, 7) is 4.81. The van der Waals surface area contributed by atoms with Crippen LogP contribution >= 0.6 is 27.7 Å². The third kappa shape index (κ3) is 3.12. The Balaban J connectivity index is 2.21. The number of thioether (sulfide) groups is 1. The molecule has 1 heterocycles. The molecule has 0 fully saturated rings. The Morgan fingerprint density at radius 2 is 2.21 bits per heavy atom. The fourth-order valence-electron chi connectivity index (χ4n) is 1.79. The van der Waals surface area contributed by atoms with Gasteiger partial charge in [0.2, 0.25) is 0 Å². The van der Waals surface area contributed by atoms with Crippen molar-refractivity contribution in [1.29, 1.82) is 0 Å². The van der Waals surface area contributed by atoms with Gasteiger partial charge in [0.05, 0.1) is 15.9 Å². The third-order valence-corrected chi connectivity index (χ3v) is 4.91. The summed E-state index contributed by atoms with van der Waals surface area (Å²) >= 11 is 5.06. The minimum atomic E-state index is -0.268. The lowest BCUT2D eigenvalue weighted by molar-refractivity contribution is 0.624. The largest absolute Gasteiger partial charge is 0.398 e. The number of aromatic nitrogens is 2. The van der Waals surface area contributed by atoms with Gasteiger partial charge in [0.15, 0.2) is 0 Å². The fourth-order valence-corrected chi connectivity index (χ4v) is 3.41. The molecule has 102 valence electrons. The summed E-state index contributed by atoms with van der Waals surface area (Å²) in [7, 11) is 0. The van der Waals surface area contributed by atoms with Gasteiger partial charge in [-0.3, -0.25) is 4.68 Å². The standard InChI is InChI=1S/C13H15BrFN3S/c1-3-18-11(13(14)8(2)17-18)7-19-12-6-9(15)4-5-10(12)16/h4-6H,3,7,16H2,1-2H3.